The first-order valence-electron chi connectivity index (χ1n) is 10.2. The van der Waals surface area contributed by atoms with Crippen LogP contribution >= 0.6 is 0 Å². The van der Waals surface area contributed by atoms with Crippen LogP contribution in [0.2, 0.25) is 0 Å². The number of halogens is 10. The maximum absolute atomic E-state index is 16.3. The molecule has 34 heavy (non-hydrogen) atoms. The predicted molar refractivity (Wildman–Crippen MR) is 106 cm³/mol. The minimum absolute atomic E-state index is 0.0639. The number of allylic oxidation sites excluding steroid dienone is 4. The normalized spacial score (nSPS) is 20.1. The van der Waals surface area contributed by atoms with Gasteiger partial charge in [0.05, 0.1) is 5.56 Å². The summed E-state index contributed by atoms with van der Waals surface area (Å²) in [6.45, 7) is 1.85. The molecular formula is C24H18F10. The summed E-state index contributed by atoms with van der Waals surface area (Å²) in [5.41, 5.74) is -7.29. The number of rotatable bonds is 6. The molecule has 0 fully saturated rings. The molecule has 0 N–H and O–H groups in total. The van der Waals surface area contributed by atoms with Gasteiger partial charge in [0.1, 0.15) is 17.5 Å². The maximum atomic E-state index is 16.3. The molecule has 184 valence electrons. The second-order valence-electron chi connectivity index (χ2n) is 7.89. The lowest BCUT2D eigenvalue weighted by atomic mass is 9.77. The molecule has 0 heterocycles. The Labute approximate surface area is 188 Å². The van der Waals surface area contributed by atoms with E-state index in [1.54, 1.807) is 6.07 Å². The van der Waals surface area contributed by atoms with E-state index in [1.807, 2.05) is 6.92 Å². The summed E-state index contributed by atoms with van der Waals surface area (Å²) in [6, 6.07) is 6.33. The van der Waals surface area contributed by atoms with Gasteiger partial charge in [-0.3, -0.25) is 0 Å². The van der Waals surface area contributed by atoms with Crippen LogP contribution in [-0.4, -0.2) is 12.3 Å². The highest BCUT2D eigenvalue weighted by Crippen LogP contribution is 2.51. The standard InChI is InChI=1S/C24H18F10/c1-2-5-13-6-3-7-14(12-13)18-16(25)8-4-11-22(18,29)15-9-10-17(26)19(20(15)27)23(30,31)21(28)24(32,33)34/h3-4,6-10,12,21H,2,5,11H2,1H3. The number of alkyl halides is 7. The van der Waals surface area contributed by atoms with Crippen molar-refractivity contribution < 1.29 is 43.9 Å². The predicted octanol–water partition coefficient (Wildman–Crippen LogP) is 8.42. The smallest absolute Gasteiger partial charge is 0.233 e. The van der Waals surface area contributed by atoms with Gasteiger partial charge in [0.15, 0.2) is 5.67 Å². The van der Waals surface area contributed by atoms with Crippen molar-refractivity contribution in [1.82, 2.24) is 0 Å². The van der Waals surface area contributed by atoms with Crippen molar-refractivity contribution in [3.63, 3.8) is 0 Å². The molecule has 1 aliphatic rings. The van der Waals surface area contributed by atoms with Gasteiger partial charge in [0, 0.05) is 17.6 Å². The fraction of sp³-hybridized carbons (Fsp3) is 0.333. The number of hydrogen-bond acceptors (Lipinski definition) is 0. The average molecular weight is 496 g/mol. The lowest BCUT2D eigenvalue weighted by Crippen LogP contribution is -2.41. The van der Waals surface area contributed by atoms with Crippen molar-refractivity contribution in [2.45, 2.75) is 50.1 Å². The van der Waals surface area contributed by atoms with E-state index < -0.39 is 64.5 Å². The quantitative estimate of drug-likeness (QED) is 0.352. The van der Waals surface area contributed by atoms with Crippen molar-refractivity contribution in [3.05, 3.63) is 88.3 Å². The lowest BCUT2D eigenvalue weighted by molar-refractivity contribution is -0.249. The zero-order chi connectivity index (χ0) is 25.5. The molecule has 0 nitrogen and oxygen atoms in total. The highest BCUT2D eigenvalue weighted by atomic mass is 19.4. The van der Waals surface area contributed by atoms with Crippen LogP contribution in [0.4, 0.5) is 43.9 Å². The Bertz CT molecular complexity index is 1130. The zero-order valence-electron chi connectivity index (χ0n) is 17.6. The van der Waals surface area contributed by atoms with Gasteiger partial charge in [-0.1, -0.05) is 43.7 Å². The van der Waals surface area contributed by atoms with E-state index in [0.29, 0.717) is 24.5 Å². The average Bonchev–Trinajstić information content (AvgIpc) is 2.72. The molecule has 0 spiro atoms. The first-order valence-corrected chi connectivity index (χ1v) is 10.2. The molecule has 0 aliphatic heterocycles. The van der Waals surface area contributed by atoms with Gasteiger partial charge < -0.3 is 0 Å². The number of hydrogen-bond donors (Lipinski definition) is 0. The van der Waals surface area contributed by atoms with Crippen LogP contribution < -0.4 is 0 Å². The second-order valence-corrected chi connectivity index (χ2v) is 7.89. The van der Waals surface area contributed by atoms with E-state index in [9.17, 15) is 35.1 Å². The summed E-state index contributed by atoms with van der Waals surface area (Å²) in [5, 5.41) is 0. The van der Waals surface area contributed by atoms with Gasteiger partial charge in [-0.05, 0) is 35.8 Å². The molecule has 2 aromatic carbocycles. The van der Waals surface area contributed by atoms with Crippen molar-refractivity contribution in [2.75, 3.05) is 0 Å². The third kappa shape index (κ3) is 4.46. The largest absolute Gasteiger partial charge is 0.426 e. The Morgan fingerprint density at radius 1 is 1.00 bits per heavy atom. The molecule has 2 atom stereocenters. The van der Waals surface area contributed by atoms with Gasteiger partial charge in [-0.15, -0.1) is 0 Å². The van der Waals surface area contributed by atoms with Crippen LogP contribution in [-0.2, 0) is 18.0 Å². The van der Waals surface area contributed by atoms with Crippen LogP contribution in [0.5, 0.6) is 0 Å². The Morgan fingerprint density at radius 3 is 2.29 bits per heavy atom. The van der Waals surface area contributed by atoms with E-state index in [2.05, 4.69) is 0 Å². The molecule has 0 bridgehead atoms. The summed E-state index contributed by atoms with van der Waals surface area (Å²) < 4.78 is 140. The van der Waals surface area contributed by atoms with E-state index >= 15 is 8.78 Å². The third-order valence-corrected chi connectivity index (χ3v) is 5.51. The summed E-state index contributed by atoms with van der Waals surface area (Å²) in [7, 11) is 0. The molecule has 1 aliphatic carbocycles. The third-order valence-electron chi connectivity index (χ3n) is 5.51. The van der Waals surface area contributed by atoms with Gasteiger partial charge in [-0.25, -0.2) is 22.0 Å². The molecule has 2 aromatic rings. The Kier molecular flexibility index (Phi) is 6.92. The molecule has 0 saturated heterocycles. The minimum atomic E-state index is -6.16. The van der Waals surface area contributed by atoms with E-state index in [-0.39, 0.29) is 11.6 Å². The summed E-state index contributed by atoms with van der Waals surface area (Å²) in [6.07, 6.45) is -8.90. The van der Waals surface area contributed by atoms with E-state index in [0.717, 1.165) is 12.2 Å². The lowest BCUT2D eigenvalue weighted by Gasteiger charge is -2.32. The maximum Gasteiger partial charge on any atom is 0.426 e. The molecule has 0 amide bonds. The number of benzene rings is 2. The molecule has 10 heteroatoms. The summed E-state index contributed by atoms with van der Waals surface area (Å²) in [4.78, 5) is 0. The second kappa shape index (κ2) is 9.11. The fourth-order valence-corrected chi connectivity index (χ4v) is 3.98. The molecule has 3 rings (SSSR count). The highest BCUT2D eigenvalue weighted by molar-refractivity contribution is 5.79. The van der Waals surface area contributed by atoms with Crippen LogP contribution in [0.25, 0.3) is 5.57 Å². The van der Waals surface area contributed by atoms with Crippen molar-refractivity contribution in [2.24, 2.45) is 0 Å². The van der Waals surface area contributed by atoms with Crippen molar-refractivity contribution >= 4 is 5.57 Å². The van der Waals surface area contributed by atoms with Crippen LogP contribution in [0.15, 0.2) is 54.4 Å². The Balaban J connectivity index is 2.24. The SMILES string of the molecule is CCCc1cccc(C2=C(F)C=CCC2(F)c2ccc(F)c(C(F)(F)C(F)C(F)(F)F)c2F)c1. The van der Waals surface area contributed by atoms with Gasteiger partial charge in [-0.2, -0.15) is 22.0 Å². The van der Waals surface area contributed by atoms with Crippen molar-refractivity contribution in [3.8, 4) is 0 Å². The molecule has 0 radical (unpaired) electrons. The monoisotopic (exact) mass is 496 g/mol. The van der Waals surface area contributed by atoms with Gasteiger partial charge in [0.25, 0.3) is 6.17 Å². The fourth-order valence-electron chi connectivity index (χ4n) is 3.98. The van der Waals surface area contributed by atoms with Crippen LogP contribution in [0.1, 0.15) is 42.0 Å². The highest BCUT2D eigenvalue weighted by Gasteiger charge is 2.60. The van der Waals surface area contributed by atoms with Crippen LogP contribution in [0, 0.1) is 11.6 Å². The zero-order valence-corrected chi connectivity index (χ0v) is 17.6. The number of aryl methyl sites for hydroxylation is 1. The molecule has 0 aromatic heterocycles. The first kappa shape index (κ1) is 25.8. The Morgan fingerprint density at radius 2 is 1.68 bits per heavy atom. The minimum Gasteiger partial charge on any atom is -0.233 e. The van der Waals surface area contributed by atoms with Gasteiger partial charge in [0.2, 0.25) is 0 Å². The van der Waals surface area contributed by atoms with Gasteiger partial charge >= 0.3 is 12.1 Å². The first-order chi connectivity index (χ1) is 15.7. The topological polar surface area (TPSA) is 0 Å². The van der Waals surface area contributed by atoms with Crippen molar-refractivity contribution in [1.29, 1.82) is 0 Å². The van der Waals surface area contributed by atoms with Crippen LogP contribution in [0.3, 0.4) is 0 Å². The van der Waals surface area contributed by atoms with E-state index in [4.69, 9.17) is 0 Å². The summed E-state index contributed by atoms with van der Waals surface area (Å²) >= 11 is 0. The Hall–Kier alpha value is -2.78. The molecule has 0 saturated carbocycles. The summed E-state index contributed by atoms with van der Waals surface area (Å²) in [5.74, 6) is -11.5. The molecular weight excluding hydrogens is 478 g/mol. The molecule has 2 unspecified atom stereocenters. The van der Waals surface area contributed by atoms with E-state index in [1.165, 1.54) is 18.2 Å².